The van der Waals surface area contributed by atoms with E-state index in [1.165, 1.54) is 22.7 Å². The number of rotatable bonds is 7. The number of benzene rings is 1. The van der Waals surface area contributed by atoms with Gasteiger partial charge in [0.15, 0.2) is 5.76 Å². The maximum Gasteiger partial charge on any atom is 0.289 e. The average molecular weight is 434 g/mol. The number of carbonyl (C=O) groups is 2. The van der Waals surface area contributed by atoms with Gasteiger partial charge in [0.25, 0.3) is 5.91 Å². The van der Waals surface area contributed by atoms with Crippen LogP contribution in [-0.4, -0.2) is 55.6 Å². The predicted octanol–water partition coefficient (Wildman–Crippen LogP) is 2.80. The molecule has 0 unspecified atom stereocenters. The number of carbonyl (C=O) groups excluding carboxylic acids is 2. The number of furan rings is 1. The van der Waals surface area contributed by atoms with E-state index < -0.39 is 10.0 Å². The molecule has 1 aliphatic rings. The second-order valence-corrected chi connectivity index (χ2v) is 9.08. The van der Waals surface area contributed by atoms with Crippen molar-refractivity contribution in [3.63, 3.8) is 0 Å². The highest BCUT2D eigenvalue weighted by atomic mass is 32.2. The van der Waals surface area contributed by atoms with Crippen LogP contribution in [0, 0.1) is 5.92 Å². The molecule has 1 aliphatic heterocycles. The standard InChI is InChI=1S/C21H27N3O5S/c1-3-24(4-2)30(27,28)18-9-7-17(8-10-18)22-20(25)16-11-13-23(14-12-16)21(26)19-6-5-15-29-19/h5-10,15-16H,3-4,11-14H2,1-2H3,(H,22,25). The topological polar surface area (TPSA) is 99.9 Å². The number of sulfonamides is 1. The van der Waals surface area contributed by atoms with E-state index in [1.807, 2.05) is 0 Å². The Kier molecular flexibility index (Phi) is 6.94. The Bertz CT molecular complexity index is 959. The summed E-state index contributed by atoms with van der Waals surface area (Å²) >= 11 is 0. The number of nitrogens with one attached hydrogen (secondary N) is 1. The highest BCUT2D eigenvalue weighted by molar-refractivity contribution is 7.89. The number of anilines is 1. The number of hydrogen-bond acceptors (Lipinski definition) is 5. The van der Waals surface area contributed by atoms with E-state index in [1.54, 1.807) is 43.0 Å². The molecule has 8 nitrogen and oxygen atoms in total. The maximum atomic E-state index is 12.6. The molecule has 0 spiro atoms. The highest BCUT2D eigenvalue weighted by Gasteiger charge is 2.29. The first-order valence-corrected chi connectivity index (χ1v) is 11.5. The molecule has 0 aliphatic carbocycles. The molecule has 0 saturated carbocycles. The molecule has 2 aromatic rings. The zero-order valence-electron chi connectivity index (χ0n) is 17.2. The van der Waals surface area contributed by atoms with E-state index >= 15 is 0 Å². The molecule has 1 aromatic heterocycles. The van der Waals surface area contributed by atoms with Gasteiger partial charge in [-0.25, -0.2) is 8.42 Å². The van der Waals surface area contributed by atoms with Gasteiger partial charge in [0.2, 0.25) is 15.9 Å². The van der Waals surface area contributed by atoms with Gasteiger partial charge in [0.05, 0.1) is 11.2 Å². The predicted molar refractivity (Wildman–Crippen MR) is 113 cm³/mol. The minimum Gasteiger partial charge on any atom is -0.459 e. The largest absolute Gasteiger partial charge is 0.459 e. The van der Waals surface area contributed by atoms with Crippen molar-refractivity contribution in [1.29, 1.82) is 0 Å². The Labute approximate surface area is 176 Å². The zero-order chi connectivity index (χ0) is 21.7. The summed E-state index contributed by atoms with van der Waals surface area (Å²) in [6.45, 7) is 5.36. The second-order valence-electron chi connectivity index (χ2n) is 7.15. The molecule has 0 atom stereocenters. The van der Waals surface area contributed by atoms with E-state index in [0.29, 0.717) is 50.5 Å². The minimum absolute atomic E-state index is 0.126. The molecule has 2 amide bonds. The fraction of sp³-hybridized carbons (Fsp3) is 0.429. The summed E-state index contributed by atoms with van der Waals surface area (Å²) in [5.74, 6) is -0.189. The quantitative estimate of drug-likeness (QED) is 0.724. The molecular formula is C21H27N3O5S. The summed E-state index contributed by atoms with van der Waals surface area (Å²) in [5, 5.41) is 2.85. The van der Waals surface area contributed by atoms with Gasteiger partial charge in [-0.3, -0.25) is 9.59 Å². The fourth-order valence-electron chi connectivity index (χ4n) is 3.57. The van der Waals surface area contributed by atoms with Gasteiger partial charge < -0.3 is 14.6 Å². The minimum atomic E-state index is -3.52. The molecule has 30 heavy (non-hydrogen) atoms. The molecule has 1 N–H and O–H groups in total. The smallest absolute Gasteiger partial charge is 0.289 e. The van der Waals surface area contributed by atoms with Crippen molar-refractivity contribution < 1.29 is 22.4 Å². The summed E-state index contributed by atoms with van der Waals surface area (Å²) in [4.78, 5) is 26.8. The van der Waals surface area contributed by atoms with E-state index in [9.17, 15) is 18.0 Å². The van der Waals surface area contributed by atoms with Crippen LogP contribution in [-0.2, 0) is 14.8 Å². The molecule has 1 saturated heterocycles. The van der Waals surface area contributed by atoms with Crippen molar-refractivity contribution >= 4 is 27.5 Å². The molecule has 2 heterocycles. The van der Waals surface area contributed by atoms with Gasteiger partial charge in [-0.05, 0) is 49.2 Å². The van der Waals surface area contributed by atoms with Crippen LogP contribution in [0.3, 0.4) is 0 Å². The summed E-state index contributed by atoms with van der Waals surface area (Å²) in [6, 6.07) is 9.52. The lowest BCUT2D eigenvalue weighted by Crippen LogP contribution is -2.41. The number of piperidine rings is 1. The highest BCUT2D eigenvalue weighted by Crippen LogP contribution is 2.23. The first-order valence-electron chi connectivity index (χ1n) is 10.1. The third-order valence-corrected chi connectivity index (χ3v) is 7.41. The molecule has 1 aromatic carbocycles. The first-order chi connectivity index (χ1) is 14.4. The van der Waals surface area contributed by atoms with Crippen LogP contribution in [0.25, 0.3) is 0 Å². The lowest BCUT2D eigenvalue weighted by Gasteiger charge is -2.30. The van der Waals surface area contributed by atoms with Gasteiger partial charge >= 0.3 is 0 Å². The third kappa shape index (κ3) is 4.73. The van der Waals surface area contributed by atoms with Crippen molar-refractivity contribution in [2.24, 2.45) is 5.92 Å². The van der Waals surface area contributed by atoms with E-state index in [-0.39, 0.29) is 22.6 Å². The summed E-state index contributed by atoms with van der Waals surface area (Å²) in [6.07, 6.45) is 2.59. The molecule has 162 valence electrons. The van der Waals surface area contributed by atoms with Crippen LogP contribution in [0.5, 0.6) is 0 Å². The van der Waals surface area contributed by atoms with Crippen LogP contribution in [0.15, 0.2) is 52.0 Å². The Morgan fingerprint density at radius 3 is 2.27 bits per heavy atom. The van der Waals surface area contributed by atoms with Gasteiger partial charge in [-0.15, -0.1) is 0 Å². The van der Waals surface area contributed by atoms with Crippen molar-refractivity contribution in [1.82, 2.24) is 9.21 Å². The molecule has 1 fully saturated rings. The summed E-state index contributed by atoms with van der Waals surface area (Å²) in [7, 11) is -3.52. The SMILES string of the molecule is CCN(CC)S(=O)(=O)c1ccc(NC(=O)C2CCN(C(=O)c3ccco3)CC2)cc1. The van der Waals surface area contributed by atoms with Crippen molar-refractivity contribution in [3.05, 3.63) is 48.4 Å². The number of nitrogens with zero attached hydrogens (tertiary/aromatic N) is 2. The van der Waals surface area contributed by atoms with Crippen molar-refractivity contribution in [3.8, 4) is 0 Å². The zero-order valence-corrected chi connectivity index (χ0v) is 18.0. The van der Waals surface area contributed by atoms with Gasteiger partial charge in [-0.1, -0.05) is 13.8 Å². The Morgan fingerprint density at radius 1 is 1.10 bits per heavy atom. The van der Waals surface area contributed by atoms with Crippen LogP contribution in [0.2, 0.25) is 0 Å². The van der Waals surface area contributed by atoms with Crippen LogP contribution >= 0.6 is 0 Å². The van der Waals surface area contributed by atoms with Gasteiger partial charge in [0.1, 0.15) is 0 Å². The maximum absolute atomic E-state index is 12.6. The van der Waals surface area contributed by atoms with E-state index in [2.05, 4.69) is 5.32 Å². The Hall–Kier alpha value is -2.65. The fourth-order valence-corrected chi connectivity index (χ4v) is 5.03. The summed E-state index contributed by atoms with van der Waals surface area (Å²) in [5.41, 5.74) is 0.549. The number of hydrogen-bond donors (Lipinski definition) is 1. The Balaban J connectivity index is 1.56. The van der Waals surface area contributed by atoms with E-state index in [0.717, 1.165) is 0 Å². The molecule has 0 bridgehead atoms. The third-order valence-electron chi connectivity index (χ3n) is 5.35. The van der Waals surface area contributed by atoms with Gasteiger partial charge in [0, 0.05) is 37.8 Å². The number of likely N-dealkylation sites (tertiary alicyclic amines) is 1. The van der Waals surface area contributed by atoms with Crippen LogP contribution in [0.1, 0.15) is 37.2 Å². The monoisotopic (exact) mass is 433 g/mol. The average Bonchev–Trinajstić information content (AvgIpc) is 3.29. The first kappa shape index (κ1) is 22.0. The molecule has 3 rings (SSSR count). The molecular weight excluding hydrogens is 406 g/mol. The lowest BCUT2D eigenvalue weighted by atomic mass is 9.95. The number of amides is 2. The van der Waals surface area contributed by atoms with Crippen molar-refractivity contribution in [2.45, 2.75) is 31.6 Å². The Morgan fingerprint density at radius 2 is 1.73 bits per heavy atom. The normalized spacial score (nSPS) is 15.4. The van der Waals surface area contributed by atoms with E-state index in [4.69, 9.17) is 4.42 Å². The summed E-state index contributed by atoms with van der Waals surface area (Å²) < 4.78 is 31.6. The van der Waals surface area contributed by atoms with Crippen LogP contribution < -0.4 is 5.32 Å². The van der Waals surface area contributed by atoms with Gasteiger partial charge in [-0.2, -0.15) is 4.31 Å². The lowest BCUT2D eigenvalue weighted by molar-refractivity contribution is -0.121. The molecule has 9 heteroatoms. The van der Waals surface area contributed by atoms with Crippen LogP contribution in [0.4, 0.5) is 5.69 Å². The van der Waals surface area contributed by atoms with Crippen molar-refractivity contribution in [2.75, 3.05) is 31.5 Å². The molecule has 0 radical (unpaired) electrons. The second kappa shape index (κ2) is 9.44.